The Morgan fingerprint density at radius 3 is 1.30 bits per heavy atom. The minimum absolute atomic E-state index is 0.430. The summed E-state index contributed by atoms with van der Waals surface area (Å²) in [6.07, 6.45) is -13.3. The van der Waals surface area contributed by atoms with E-state index in [1.807, 2.05) is 0 Å². The fourth-order valence-corrected chi connectivity index (χ4v) is 2.11. The summed E-state index contributed by atoms with van der Waals surface area (Å²) in [6, 6.07) is 4.55. The van der Waals surface area contributed by atoms with Crippen LogP contribution in [0.3, 0.4) is 0 Å². The molecule has 0 unspecified atom stereocenters. The Labute approximate surface area is 163 Å². The van der Waals surface area contributed by atoms with E-state index in [-0.39, 0.29) is 0 Å². The zero-order chi connectivity index (χ0) is 23.9. The van der Waals surface area contributed by atoms with Gasteiger partial charge in [0.15, 0.2) is 0 Å². The Balaban J connectivity index is 3.45. The van der Waals surface area contributed by atoms with E-state index in [1.165, 1.54) is 12.1 Å². The SMILES string of the molecule is CC(C)(C)c1ccc(CN(C(=O)C(F)(F)C(F)(F)F)C(=O)C(F)(F)C(F)(F)F)cc1. The third-order valence-electron chi connectivity index (χ3n) is 3.90. The Morgan fingerprint density at radius 1 is 0.700 bits per heavy atom. The van der Waals surface area contributed by atoms with Gasteiger partial charge in [0.05, 0.1) is 6.54 Å². The van der Waals surface area contributed by atoms with Crippen molar-refractivity contribution >= 4 is 11.8 Å². The molecular formula is C17H15F10NO2. The van der Waals surface area contributed by atoms with Gasteiger partial charge in [-0.2, -0.15) is 43.9 Å². The molecule has 0 aliphatic heterocycles. The van der Waals surface area contributed by atoms with Crippen LogP contribution in [0, 0.1) is 0 Å². The Morgan fingerprint density at radius 2 is 1.03 bits per heavy atom. The van der Waals surface area contributed by atoms with Gasteiger partial charge in [-0.1, -0.05) is 45.0 Å². The number of imide groups is 1. The van der Waals surface area contributed by atoms with Gasteiger partial charge in [-0.15, -0.1) is 0 Å². The lowest BCUT2D eigenvalue weighted by atomic mass is 9.87. The summed E-state index contributed by atoms with van der Waals surface area (Å²) in [4.78, 5) is 21.7. The Bertz CT molecular complexity index is 751. The lowest BCUT2D eigenvalue weighted by Crippen LogP contribution is -2.59. The molecule has 170 valence electrons. The number of nitrogens with zero attached hydrogens (tertiary/aromatic N) is 1. The Kier molecular flexibility index (Phi) is 6.62. The van der Waals surface area contributed by atoms with Crippen molar-refractivity contribution in [3.8, 4) is 0 Å². The molecule has 0 saturated heterocycles. The second-order valence-corrected chi connectivity index (χ2v) is 7.29. The predicted octanol–water partition coefficient (Wildman–Crippen LogP) is 5.23. The second-order valence-electron chi connectivity index (χ2n) is 7.29. The summed E-state index contributed by atoms with van der Waals surface area (Å²) in [7, 11) is 0. The van der Waals surface area contributed by atoms with Crippen molar-refractivity contribution in [2.75, 3.05) is 0 Å². The molecule has 0 saturated carbocycles. The van der Waals surface area contributed by atoms with Gasteiger partial charge in [-0.05, 0) is 16.5 Å². The second kappa shape index (κ2) is 7.73. The van der Waals surface area contributed by atoms with Crippen LogP contribution in [0.25, 0.3) is 0 Å². The number of rotatable bonds is 4. The minimum atomic E-state index is -6.63. The third-order valence-corrected chi connectivity index (χ3v) is 3.90. The number of amides is 2. The van der Waals surface area contributed by atoms with Crippen molar-refractivity contribution in [3.05, 3.63) is 35.4 Å². The van der Waals surface area contributed by atoms with Crippen molar-refractivity contribution in [2.45, 2.75) is 56.9 Å². The van der Waals surface area contributed by atoms with Crippen molar-refractivity contribution in [1.29, 1.82) is 0 Å². The first-order valence-electron chi connectivity index (χ1n) is 7.99. The first kappa shape index (κ1) is 25.7. The van der Waals surface area contributed by atoms with Crippen LogP contribution >= 0.6 is 0 Å². The number of carbonyl (C=O) groups is 2. The van der Waals surface area contributed by atoms with Crippen molar-refractivity contribution in [1.82, 2.24) is 4.90 Å². The molecule has 0 aliphatic rings. The molecule has 0 fully saturated rings. The lowest BCUT2D eigenvalue weighted by Gasteiger charge is -2.30. The molecule has 0 atom stereocenters. The van der Waals surface area contributed by atoms with E-state index in [4.69, 9.17) is 0 Å². The van der Waals surface area contributed by atoms with Crippen LogP contribution in [0.5, 0.6) is 0 Å². The van der Waals surface area contributed by atoms with E-state index >= 15 is 0 Å². The number of benzene rings is 1. The molecule has 1 aromatic carbocycles. The molecule has 0 spiro atoms. The van der Waals surface area contributed by atoms with Crippen LogP contribution in [0.15, 0.2) is 24.3 Å². The molecule has 0 bridgehead atoms. The summed E-state index contributed by atoms with van der Waals surface area (Å²) >= 11 is 0. The van der Waals surface area contributed by atoms with Crippen LogP contribution in [-0.2, 0) is 21.5 Å². The number of alkyl halides is 10. The molecule has 1 rings (SSSR count). The van der Waals surface area contributed by atoms with Gasteiger partial charge in [0.2, 0.25) is 0 Å². The molecule has 0 N–H and O–H groups in total. The first-order valence-corrected chi connectivity index (χ1v) is 7.99. The van der Waals surface area contributed by atoms with E-state index in [9.17, 15) is 53.5 Å². The maximum Gasteiger partial charge on any atom is 0.463 e. The molecule has 0 aromatic heterocycles. The number of hydrogen-bond donors (Lipinski definition) is 0. The fourth-order valence-electron chi connectivity index (χ4n) is 2.11. The molecule has 2 amide bonds. The molecule has 30 heavy (non-hydrogen) atoms. The summed E-state index contributed by atoms with van der Waals surface area (Å²) in [5, 5.41) is 0. The van der Waals surface area contributed by atoms with Gasteiger partial charge in [0, 0.05) is 0 Å². The highest BCUT2D eigenvalue weighted by Crippen LogP contribution is 2.41. The molecule has 3 nitrogen and oxygen atoms in total. The maximum atomic E-state index is 13.3. The summed E-state index contributed by atoms with van der Waals surface area (Å²) < 4.78 is 128. The highest BCUT2D eigenvalue weighted by atomic mass is 19.4. The zero-order valence-corrected chi connectivity index (χ0v) is 15.6. The minimum Gasteiger partial charge on any atom is -0.267 e. The molecule has 0 heterocycles. The summed E-state index contributed by atoms with van der Waals surface area (Å²) in [5.41, 5.74) is -0.325. The smallest absolute Gasteiger partial charge is 0.267 e. The fraction of sp³-hybridized carbons (Fsp3) is 0.529. The molecule has 0 aliphatic carbocycles. The summed E-state index contributed by atoms with van der Waals surface area (Å²) in [6.45, 7) is 3.53. The average molecular weight is 455 g/mol. The van der Waals surface area contributed by atoms with Gasteiger partial charge in [-0.25, -0.2) is 0 Å². The first-order chi connectivity index (χ1) is 13.1. The molecule has 13 heteroatoms. The lowest BCUT2D eigenvalue weighted by molar-refractivity contribution is -0.283. The molecule has 0 radical (unpaired) electrons. The van der Waals surface area contributed by atoms with Gasteiger partial charge >= 0.3 is 36.0 Å². The van der Waals surface area contributed by atoms with Crippen molar-refractivity contribution < 1.29 is 53.5 Å². The highest BCUT2D eigenvalue weighted by Gasteiger charge is 2.70. The van der Waals surface area contributed by atoms with E-state index < -0.39 is 58.4 Å². The van der Waals surface area contributed by atoms with Crippen molar-refractivity contribution in [2.24, 2.45) is 0 Å². The van der Waals surface area contributed by atoms with Crippen LogP contribution < -0.4 is 0 Å². The van der Waals surface area contributed by atoms with Crippen LogP contribution in [-0.4, -0.2) is 40.9 Å². The normalized spacial score (nSPS) is 13.9. The zero-order valence-electron chi connectivity index (χ0n) is 15.6. The molecular weight excluding hydrogens is 440 g/mol. The van der Waals surface area contributed by atoms with Gasteiger partial charge in [0.1, 0.15) is 0 Å². The number of carbonyl (C=O) groups excluding carboxylic acids is 2. The number of hydrogen-bond acceptors (Lipinski definition) is 2. The molecule has 1 aromatic rings. The highest BCUT2D eigenvalue weighted by molar-refractivity contribution is 6.02. The van der Waals surface area contributed by atoms with E-state index in [0.717, 1.165) is 12.1 Å². The predicted molar refractivity (Wildman–Crippen MR) is 82.7 cm³/mol. The average Bonchev–Trinajstić information content (AvgIpc) is 2.56. The van der Waals surface area contributed by atoms with E-state index in [0.29, 0.717) is 5.56 Å². The topological polar surface area (TPSA) is 37.4 Å². The Hall–Kier alpha value is -2.34. The van der Waals surface area contributed by atoms with Crippen LogP contribution in [0.2, 0.25) is 0 Å². The largest absolute Gasteiger partial charge is 0.463 e. The maximum absolute atomic E-state index is 13.3. The van der Waals surface area contributed by atoms with Crippen LogP contribution in [0.1, 0.15) is 31.9 Å². The van der Waals surface area contributed by atoms with Gasteiger partial charge in [-0.3, -0.25) is 14.5 Å². The van der Waals surface area contributed by atoms with Crippen LogP contribution in [0.4, 0.5) is 43.9 Å². The third kappa shape index (κ3) is 5.04. The van der Waals surface area contributed by atoms with E-state index in [2.05, 4.69) is 0 Å². The monoisotopic (exact) mass is 455 g/mol. The van der Waals surface area contributed by atoms with Gasteiger partial charge in [0.25, 0.3) is 0 Å². The van der Waals surface area contributed by atoms with E-state index in [1.54, 1.807) is 20.8 Å². The number of halogens is 10. The summed E-state index contributed by atoms with van der Waals surface area (Å²) in [5.74, 6) is -19.9. The quantitative estimate of drug-likeness (QED) is 0.583. The van der Waals surface area contributed by atoms with Crippen molar-refractivity contribution in [3.63, 3.8) is 0 Å². The van der Waals surface area contributed by atoms with Gasteiger partial charge < -0.3 is 0 Å². The standard InChI is InChI=1S/C17H15F10NO2/c1-13(2,3)10-6-4-9(5-7-10)8-28(11(29)14(18,19)16(22,23)24)12(30)15(20,21)17(25,26)27/h4-7H,8H2,1-3H3.